The Morgan fingerprint density at radius 1 is 1.32 bits per heavy atom. The Morgan fingerprint density at radius 3 is 2.44 bits per heavy atom. The molecule has 6 heteroatoms. The normalized spacial score (nSPS) is 19.8. The minimum absolute atomic E-state index is 0.0735. The van der Waals surface area contributed by atoms with Gasteiger partial charge in [0.15, 0.2) is 5.78 Å². The second-order valence-electron chi connectivity index (χ2n) is 7.69. The lowest BCUT2D eigenvalue weighted by atomic mass is 9.86. The van der Waals surface area contributed by atoms with Gasteiger partial charge >= 0.3 is 0 Å². The molecule has 140 valence electrons. The molecule has 1 heterocycles. The molecule has 1 fully saturated rings. The highest BCUT2D eigenvalue weighted by Gasteiger charge is 2.40. The highest BCUT2D eigenvalue weighted by molar-refractivity contribution is 5.93. The number of hydrogen-bond donors (Lipinski definition) is 2. The van der Waals surface area contributed by atoms with E-state index in [2.05, 4.69) is 16.6 Å². The van der Waals surface area contributed by atoms with E-state index >= 15 is 0 Å². The van der Waals surface area contributed by atoms with Crippen LogP contribution in [0.5, 0.6) is 0 Å². The Hall–Kier alpha value is -1.87. The predicted molar refractivity (Wildman–Crippen MR) is 97.7 cm³/mol. The van der Waals surface area contributed by atoms with E-state index in [4.69, 9.17) is 6.42 Å². The van der Waals surface area contributed by atoms with Crippen LogP contribution < -0.4 is 10.6 Å². The lowest BCUT2D eigenvalue weighted by molar-refractivity contribution is -0.142. The Balaban J connectivity index is 2.85. The van der Waals surface area contributed by atoms with Crippen molar-refractivity contribution in [2.75, 3.05) is 13.6 Å². The van der Waals surface area contributed by atoms with Gasteiger partial charge in [-0.2, -0.15) is 0 Å². The molecule has 1 rings (SSSR count). The van der Waals surface area contributed by atoms with Crippen molar-refractivity contribution in [3.05, 3.63) is 0 Å². The van der Waals surface area contributed by atoms with Gasteiger partial charge in [-0.15, -0.1) is 12.3 Å². The molecule has 0 radical (unpaired) electrons. The number of ketones is 1. The lowest BCUT2D eigenvalue weighted by Crippen LogP contribution is -2.56. The SMILES string of the molecule is C#CCCC(NC(=O)C1CCCN1C(=O)C(NC)C(C)(C)C)C(C)=O. The molecule has 0 aromatic heterocycles. The first-order valence-electron chi connectivity index (χ1n) is 8.85. The number of terminal acetylenes is 1. The van der Waals surface area contributed by atoms with Crippen molar-refractivity contribution in [1.29, 1.82) is 0 Å². The van der Waals surface area contributed by atoms with Crippen LogP contribution in [0.3, 0.4) is 0 Å². The molecule has 0 aromatic rings. The molecule has 0 saturated carbocycles. The third-order valence-electron chi connectivity index (χ3n) is 4.62. The molecule has 1 aliphatic heterocycles. The molecule has 3 unspecified atom stereocenters. The first-order chi connectivity index (χ1) is 11.6. The van der Waals surface area contributed by atoms with Gasteiger partial charge in [0.1, 0.15) is 6.04 Å². The fourth-order valence-electron chi connectivity index (χ4n) is 3.27. The number of nitrogens with one attached hydrogen (secondary N) is 2. The first-order valence-corrected chi connectivity index (χ1v) is 8.85. The first kappa shape index (κ1) is 21.2. The van der Waals surface area contributed by atoms with E-state index in [0.29, 0.717) is 25.8 Å². The second-order valence-corrected chi connectivity index (χ2v) is 7.69. The van der Waals surface area contributed by atoms with E-state index < -0.39 is 12.1 Å². The van der Waals surface area contributed by atoms with Gasteiger partial charge in [-0.25, -0.2) is 0 Å². The van der Waals surface area contributed by atoms with Crippen LogP contribution in [0, 0.1) is 17.8 Å². The number of rotatable bonds is 7. The third kappa shape index (κ3) is 5.57. The second kappa shape index (κ2) is 9.00. The molecule has 0 bridgehead atoms. The van der Waals surface area contributed by atoms with Crippen molar-refractivity contribution in [2.45, 2.75) is 71.5 Å². The fraction of sp³-hybridized carbons (Fsp3) is 0.737. The average molecular weight is 349 g/mol. The maximum Gasteiger partial charge on any atom is 0.243 e. The Morgan fingerprint density at radius 2 is 1.96 bits per heavy atom. The van der Waals surface area contributed by atoms with Gasteiger partial charge in [0, 0.05) is 13.0 Å². The third-order valence-corrected chi connectivity index (χ3v) is 4.62. The summed E-state index contributed by atoms with van der Waals surface area (Å²) < 4.78 is 0. The summed E-state index contributed by atoms with van der Waals surface area (Å²) in [6, 6.07) is -1.49. The van der Waals surface area contributed by atoms with Gasteiger partial charge in [-0.3, -0.25) is 14.4 Å². The van der Waals surface area contributed by atoms with Crippen molar-refractivity contribution in [1.82, 2.24) is 15.5 Å². The zero-order valence-electron chi connectivity index (χ0n) is 16.0. The van der Waals surface area contributed by atoms with Gasteiger partial charge < -0.3 is 15.5 Å². The largest absolute Gasteiger partial charge is 0.344 e. The number of carbonyl (C=O) groups is 3. The highest BCUT2D eigenvalue weighted by Crippen LogP contribution is 2.25. The van der Waals surface area contributed by atoms with Crippen LogP contribution in [0.4, 0.5) is 0 Å². The van der Waals surface area contributed by atoms with Crippen LogP contribution in [-0.4, -0.2) is 54.2 Å². The molecule has 2 N–H and O–H groups in total. The van der Waals surface area contributed by atoms with E-state index in [-0.39, 0.29) is 29.1 Å². The summed E-state index contributed by atoms with van der Waals surface area (Å²) >= 11 is 0. The van der Waals surface area contributed by atoms with Crippen LogP contribution in [0.15, 0.2) is 0 Å². The highest BCUT2D eigenvalue weighted by atomic mass is 16.2. The zero-order valence-corrected chi connectivity index (χ0v) is 16.0. The summed E-state index contributed by atoms with van der Waals surface area (Å²) in [4.78, 5) is 39.0. The molecule has 6 nitrogen and oxygen atoms in total. The summed E-state index contributed by atoms with van der Waals surface area (Å²) in [5, 5.41) is 5.84. The van der Waals surface area contributed by atoms with Crippen LogP contribution in [0.1, 0.15) is 53.4 Å². The van der Waals surface area contributed by atoms with Gasteiger partial charge in [0.2, 0.25) is 11.8 Å². The number of amides is 2. The predicted octanol–water partition coefficient (Wildman–Crippen LogP) is 1.10. The van der Waals surface area contributed by atoms with Crippen molar-refractivity contribution >= 4 is 17.6 Å². The van der Waals surface area contributed by atoms with E-state index in [1.165, 1.54) is 6.92 Å². The van der Waals surface area contributed by atoms with Crippen molar-refractivity contribution in [3.8, 4) is 12.3 Å². The van der Waals surface area contributed by atoms with Crippen LogP contribution in [-0.2, 0) is 14.4 Å². The average Bonchev–Trinajstić information content (AvgIpc) is 2.99. The standard InChI is InChI=1S/C19H31N3O3/c1-7-8-10-14(13(2)23)21-17(24)15-11-9-12-22(15)18(25)16(20-6)19(3,4)5/h1,14-16,20H,8-12H2,2-6H3,(H,21,24). The van der Waals surface area contributed by atoms with Crippen LogP contribution in [0.25, 0.3) is 0 Å². The minimum Gasteiger partial charge on any atom is -0.344 e. The smallest absolute Gasteiger partial charge is 0.243 e. The molecule has 2 amide bonds. The minimum atomic E-state index is -0.594. The summed E-state index contributed by atoms with van der Waals surface area (Å²) in [6.07, 6.45) is 7.47. The molecule has 1 saturated heterocycles. The molecule has 1 aliphatic rings. The Labute approximate surface area is 151 Å². The van der Waals surface area contributed by atoms with Gasteiger partial charge in [0.25, 0.3) is 0 Å². The van der Waals surface area contributed by atoms with Gasteiger partial charge in [-0.1, -0.05) is 20.8 Å². The Bertz CT molecular complexity index is 545. The van der Waals surface area contributed by atoms with Crippen molar-refractivity contribution in [3.63, 3.8) is 0 Å². The number of carbonyl (C=O) groups excluding carboxylic acids is 3. The van der Waals surface area contributed by atoms with E-state index in [1.54, 1.807) is 11.9 Å². The van der Waals surface area contributed by atoms with Gasteiger partial charge in [0.05, 0.1) is 12.1 Å². The van der Waals surface area contributed by atoms with E-state index in [0.717, 1.165) is 6.42 Å². The summed E-state index contributed by atoms with van der Waals surface area (Å²) in [5.41, 5.74) is -0.260. The number of likely N-dealkylation sites (tertiary alicyclic amines) is 1. The number of Topliss-reactive ketones (excluding diaryl/α,β-unsaturated/α-hetero) is 1. The van der Waals surface area contributed by atoms with Gasteiger partial charge in [-0.05, 0) is 38.6 Å². The Kier molecular flexibility index (Phi) is 7.62. The maximum atomic E-state index is 12.9. The van der Waals surface area contributed by atoms with E-state index in [1.807, 2.05) is 20.8 Å². The van der Waals surface area contributed by atoms with E-state index in [9.17, 15) is 14.4 Å². The summed E-state index contributed by atoms with van der Waals surface area (Å²) in [7, 11) is 1.75. The van der Waals surface area contributed by atoms with Crippen molar-refractivity contribution in [2.24, 2.45) is 5.41 Å². The number of hydrogen-bond acceptors (Lipinski definition) is 4. The molecule has 0 aromatic carbocycles. The van der Waals surface area contributed by atoms with Crippen molar-refractivity contribution < 1.29 is 14.4 Å². The zero-order chi connectivity index (χ0) is 19.2. The summed E-state index contributed by atoms with van der Waals surface area (Å²) in [6.45, 7) is 7.96. The molecular weight excluding hydrogens is 318 g/mol. The summed E-state index contributed by atoms with van der Waals surface area (Å²) in [5.74, 6) is 2.02. The number of likely N-dealkylation sites (N-methyl/N-ethyl adjacent to an activating group) is 1. The van der Waals surface area contributed by atoms with Crippen LogP contribution >= 0.6 is 0 Å². The fourth-order valence-corrected chi connectivity index (χ4v) is 3.27. The molecular formula is C19H31N3O3. The molecule has 25 heavy (non-hydrogen) atoms. The topological polar surface area (TPSA) is 78.5 Å². The maximum absolute atomic E-state index is 12.9. The lowest BCUT2D eigenvalue weighted by Gasteiger charge is -2.35. The quantitative estimate of drug-likeness (QED) is 0.675. The molecule has 0 aliphatic carbocycles. The monoisotopic (exact) mass is 349 g/mol. The number of nitrogens with zero attached hydrogens (tertiary/aromatic N) is 1. The molecule has 0 spiro atoms. The van der Waals surface area contributed by atoms with Crippen LogP contribution in [0.2, 0.25) is 0 Å². The molecule has 3 atom stereocenters.